The molecule has 1 unspecified atom stereocenters. The molecular weight excluding hydrogens is 380 g/mol. The minimum absolute atomic E-state index is 0.0163. The predicted octanol–water partition coefficient (Wildman–Crippen LogP) is 3.10. The summed E-state index contributed by atoms with van der Waals surface area (Å²) < 4.78 is 11.1. The number of benzene rings is 1. The molecule has 7 nitrogen and oxygen atoms in total. The van der Waals surface area contributed by atoms with E-state index in [0.29, 0.717) is 36.3 Å². The van der Waals surface area contributed by atoms with E-state index in [9.17, 15) is 4.79 Å². The third kappa shape index (κ3) is 4.64. The van der Waals surface area contributed by atoms with E-state index in [4.69, 9.17) is 20.9 Å². The lowest BCUT2D eigenvalue weighted by Crippen LogP contribution is -2.42. The SMILES string of the molecule is CC(Oc1ccccc1Cl)C(=O)N1CCCN(Cc2noc(C3CC3)n2)CC1. The molecular formula is C20H25ClN4O3. The van der Waals surface area contributed by atoms with Crippen LogP contribution < -0.4 is 4.74 Å². The molecule has 1 atom stereocenters. The van der Waals surface area contributed by atoms with E-state index in [1.165, 1.54) is 0 Å². The molecule has 0 radical (unpaired) electrons. The molecule has 0 bridgehead atoms. The zero-order valence-electron chi connectivity index (χ0n) is 16.0. The molecule has 1 saturated carbocycles. The van der Waals surface area contributed by atoms with Crippen molar-refractivity contribution in [1.82, 2.24) is 19.9 Å². The van der Waals surface area contributed by atoms with Crippen LogP contribution in [0.25, 0.3) is 0 Å². The van der Waals surface area contributed by atoms with Crippen LogP contribution in [-0.2, 0) is 11.3 Å². The number of ether oxygens (including phenoxy) is 1. The van der Waals surface area contributed by atoms with Crippen LogP contribution in [0.4, 0.5) is 0 Å². The topological polar surface area (TPSA) is 71.7 Å². The molecule has 1 aliphatic carbocycles. The molecule has 1 saturated heterocycles. The van der Waals surface area contributed by atoms with Crippen LogP contribution in [0.3, 0.4) is 0 Å². The van der Waals surface area contributed by atoms with Gasteiger partial charge in [0.05, 0.1) is 11.6 Å². The second kappa shape index (κ2) is 8.49. The number of halogens is 1. The summed E-state index contributed by atoms with van der Waals surface area (Å²) in [5, 5.41) is 4.61. The minimum atomic E-state index is -0.579. The van der Waals surface area contributed by atoms with Crippen molar-refractivity contribution in [2.75, 3.05) is 26.2 Å². The van der Waals surface area contributed by atoms with Gasteiger partial charge in [-0.15, -0.1) is 0 Å². The van der Waals surface area contributed by atoms with Crippen LogP contribution in [0.5, 0.6) is 5.75 Å². The van der Waals surface area contributed by atoms with Gasteiger partial charge in [-0.25, -0.2) is 0 Å². The molecule has 28 heavy (non-hydrogen) atoms. The zero-order valence-corrected chi connectivity index (χ0v) is 16.8. The fourth-order valence-electron chi connectivity index (χ4n) is 3.42. The van der Waals surface area contributed by atoms with Gasteiger partial charge in [0.25, 0.3) is 5.91 Å². The highest BCUT2D eigenvalue weighted by Crippen LogP contribution is 2.38. The van der Waals surface area contributed by atoms with Crippen molar-refractivity contribution in [3.63, 3.8) is 0 Å². The van der Waals surface area contributed by atoms with Gasteiger partial charge in [-0.05, 0) is 38.3 Å². The molecule has 2 fully saturated rings. The van der Waals surface area contributed by atoms with Crippen molar-refractivity contribution >= 4 is 17.5 Å². The van der Waals surface area contributed by atoms with E-state index in [1.54, 1.807) is 19.1 Å². The van der Waals surface area contributed by atoms with Gasteiger partial charge in [0.2, 0.25) is 5.89 Å². The number of hydrogen-bond acceptors (Lipinski definition) is 6. The fourth-order valence-corrected chi connectivity index (χ4v) is 3.60. The Hall–Kier alpha value is -2.12. The lowest BCUT2D eigenvalue weighted by molar-refractivity contribution is -0.137. The molecule has 2 aliphatic rings. The Balaban J connectivity index is 1.30. The number of nitrogens with zero attached hydrogens (tertiary/aromatic N) is 4. The predicted molar refractivity (Wildman–Crippen MR) is 104 cm³/mol. The maximum Gasteiger partial charge on any atom is 0.263 e. The van der Waals surface area contributed by atoms with Gasteiger partial charge in [0.15, 0.2) is 11.9 Å². The number of hydrogen-bond donors (Lipinski definition) is 0. The number of amides is 1. The highest BCUT2D eigenvalue weighted by Gasteiger charge is 2.30. The average molecular weight is 405 g/mol. The second-order valence-corrected chi connectivity index (χ2v) is 7.88. The lowest BCUT2D eigenvalue weighted by Gasteiger charge is -2.25. The first-order valence-corrected chi connectivity index (χ1v) is 10.2. The highest BCUT2D eigenvalue weighted by molar-refractivity contribution is 6.32. The summed E-state index contributed by atoms with van der Waals surface area (Å²) in [5.74, 6) is 2.49. The quantitative estimate of drug-likeness (QED) is 0.736. The van der Waals surface area contributed by atoms with Crippen LogP contribution in [0, 0.1) is 0 Å². The van der Waals surface area contributed by atoms with E-state index in [2.05, 4.69) is 15.0 Å². The van der Waals surface area contributed by atoms with Crippen LogP contribution in [0.15, 0.2) is 28.8 Å². The van der Waals surface area contributed by atoms with Gasteiger partial charge >= 0.3 is 0 Å². The number of carbonyl (C=O) groups is 1. The normalized spacial score (nSPS) is 19.3. The van der Waals surface area contributed by atoms with E-state index >= 15 is 0 Å². The zero-order chi connectivity index (χ0) is 19.5. The third-order valence-electron chi connectivity index (χ3n) is 5.16. The van der Waals surface area contributed by atoms with E-state index in [1.807, 2.05) is 17.0 Å². The second-order valence-electron chi connectivity index (χ2n) is 7.47. The van der Waals surface area contributed by atoms with Crippen molar-refractivity contribution < 1.29 is 14.1 Å². The molecule has 1 aromatic carbocycles. The number of para-hydroxylation sites is 1. The molecule has 1 aromatic heterocycles. The summed E-state index contributed by atoms with van der Waals surface area (Å²) in [6.45, 7) is 5.47. The molecule has 0 spiro atoms. The molecule has 1 aliphatic heterocycles. The van der Waals surface area contributed by atoms with Crippen molar-refractivity contribution in [2.24, 2.45) is 0 Å². The molecule has 1 amide bonds. The summed E-state index contributed by atoms with van der Waals surface area (Å²) in [7, 11) is 0. The van der Waals surface area contributed by atoms with E-state index < -0.39 is 6.10 Å². The van der Waals surface area contributed by atoms with Crippen molar-refractivity contribution in [2.45, 2.75) is 44.8 Å². The van der Waals surface area contributed by atoms with Crippen LogP contribution in [0.1, 0.15) is 43.8 Å². The van der Waals surface area contributed by atoms with Crippen molar-refractivity contribution in [3.8, 4) is 5.75 Å². The molecule has 8 heteroatoms. The number of carbonyl (C=O) groups excluding carboxylic acids is 1. The van der Waals surface area contributed by atoms with Gasteiger partial charge in [0.1, 0.15) is 5.75 Å². The van der Waals surface area contributed by atoms with E-state index in [-0.39, 0.29) is 5.91 Å². The van der Waals surface area contributed by atoms with Crippen LogP contribution in [0.2, 0.25) is 5.02 Å². The highest BCUT2D eigenvalue weighted by atomic mass is 35.5. The van der Waals surface area contributed by atoms with Gasteiger partial charge in [0, 0.05) is 32.1 Å². The Kier molecular flexibility index (Phi) is 5.82. The summed E-state index contributed by atoms with van der Waals surface area (Å²) in [4.78, 5) is 21.5. The van der Waals surface area contributed by atoms with Crippen LogP contribution >= 0.6 is 11.6 Å². The van der Waals surface area contributed by atoms with Crippen LogP contribution in [-0.4, -0.2) is 58.1 Å². The summed E-state index contributed by atoms with van der Waals surface area (Å²) in [6, 6.07) is 7.21. The first-order chi connectivity index (χ1) is 13.6. The Morgan fingerprint density at radius 3 is 2.89 bits per heavy atom. The Morgan fingerprint density at radius 2 is 2.11 bits per heavy atom. The van der Waals surface area contributed by atoms with Crippen molar-refractivity contribution in [3.05, 3.63) is 41.0 Å². The molecule has 4 rings (SSSR count). The minimum Gasteiger partial charge on any atom is -0.479 e. The van der Waals surface area contributed by atoms with Gasteiger partial charge in [-0.3, -0.25) is 9.69 Å². The largest absolute Gasteiger partial charge is 0.479 e. The molecule has 0 N–H and O–H groups in total. The third-order valence-corrected chi connectivity index (χ3v) is 5.48. The Labute approximate surface area is 169 Å². The van der Waals surface area contributed by atoms with E-state index in [0.717, 1.165) is 44.1 Å². The first-order valence-electron chi connectivity index (χ1n) is 9.85. The standard InChI is InChI=1S/C20H25ClN4O3/c1-14(27-17-6-3-2-5-16(17)21)20(26)25-10-4-9-24(11-12-25)13-18-22-19(28-23-18)15-7-8-15/h2-3,5-6,14-15H,4,7-13H2,1H3. The summed E-state index contributed by atoms with van der Waals surface area (Å²) in [6.07, 6.45) is 2.62. The van der Waals surface area contributed by atoms with Gasteiger partial charge < -0.3 is 14.2 Å². The van der Waals surface area contributed by atoms with Gasteiger partial charge in [-0.1, -0.05) is 28.9 Å². The number of aromatic nitrogens is 2. The first kappa shape index (κ1) is 19.2. The molecule has 2 aromatic rings. The maximum atomic E-state index is 12.8. The lowest BCUT2D eigenvalue weighted by atomic mass is 10.3. The summed E-state index contributed by atoms with van der Waals surface area (Å²) >= 11 is 6.13. The Morgan fingerprint density at radius 1 is 1.29 bits per heavy atom. The monoisotopic (exact) mass is 404 g/mol. The average Bonchev–Trinajstić information content (AvgIpc) is 3.48. The molecule has 2 heterocycles. The molecule has 150 valence electrons. The smallest absolute Gasteiger partial charge is 0.263 e. The Bertz CT molecular complexity index is 823. The summed E-state index contributed by atoms with van der Waals surface area (Å²) in [5.41, 5.74) is 0. The maximum absolute atomic E-state index is 12.8. The fraction of sp³-hybridized carbons (Fsp3) is 0.550. The van der Waals surface area contributed by atoms with Crippen molar-refractivity contribution in [1.29, 1.82) is 0 Å². The van der Waals surface area contributed by atoms with Gasteiger partial charge in [-0.2, -0.15) is 4.98 Å². The number of rotatable bonds is 6.